The maximum absolute atomic E-state index is 9.77. The normalized spacial score (nSPS) is 14.4. The number of aromatic amines is 1. The van der Waals surface area contributed by atoms with Gasteiger partial charge in [-0.05, 0) is 30.7 Å². The van der Waals surface area contributed by atoms with Crippen LogP contribution in [0.4, 0.5) is 0 Å². The van der Waals surface area contributed by atoms with Gasteiger partial charge in [0.05, 0.1) is 28.6 Å². The summed E-state index contributed by atoms with van der Waals surface area (Å²) in [5.41, 5.74) is 1.75. The third-order valence-electron chi connectivity index (χ3n) is 3.19. The lowest BCUT2D eigenvalue weighted by atomic mass is 9.80. The van der Waals surface area contributed by atoms with Gasteiger partial charge in [-0.3, -0.25) is 4.98 Å². The molecule has 1 atom stereocenters. The molecule has 2 N–H and O–H groups in total. The predicted molar refractivity (Wildman–Crippen MR) is 73.1 cm³/mol. The molecule has 3 nitrogen and oxygen atoms in total. The lowest BCUT2D eigenvalue weighted by molar-refractivity contribution is 0.228. The van der Waals surface area contributed by atoms with Crippen molar-refractivity contribution in [2.45, 2.75) is 18.2 Å². The Bertz CT molecular complexity index is 528. The molecule has 2 heterocycles. The van der Waals surface area contributed by atoms with Crippen LogP contribution in [0.15, 0.2) is 30.6 Å². The van der Waals surface area contributed by atoms with E-state index < -0.39 is 5.41 Å². The van der Waals surface area contributed by atoms with E-state index in [9.17, 15) is 5.11 Å². The highest BCUT2D eigenvalue weighted by Gasteiger charge is 2.32. The monoisotopic (exact) mass is 284 g/mol. The molecule has 0 aliphatic carbocycles. The fourth-order valence-electron chi connectivity index (χ4n) is 2.00. The maximum atomic E-state index is 9.77. The van der Waals surface area contributed by atoms with Crippen molar-refractivity contribution in [2.24, 2.45) is 0 Å². The van der Waals surface area contributed by atoms with Gasteiger partial charge in [0.25, 0.3) is 0 Å². The van der Waals surface area contributed by atoms with Crippen LogP contribution >= 0.6 is 23.2 Å². The number of hydrogen-bond donors (Lipinski definition) is 2. The Kier molecular flexibility index (Phi) is 3.95. The summed E-state index contributed by atoms with van der Waals surface area (Å²) in [6.45, 7) is 1.87. The molecule has 96 valence electrons. The van der Waals surface area contributed by atoms with Crippen molar-refractivity contribution in [1.29, 1.82) is 0 Å². The molecule has 0 aliphatic rings. The molecule has 0 fully saturated rings. The molecule has 0 saturated heterocycles. The summed E-state index contributed by atoms with van der Waals surface area (Å²) in [6.07, 6.45) is 3.48. The first kappa shape index (κ1) is 13.4. The number of pyridine rings is 1. The molecule has 5 heteroatoms. The zero-order chi connectivity index (χ0) is 13.2. The topological polar surface area (TPSA) is 48.9 Å². The first-order valence-corrected chi connectivity index (χ1v) is 6.49. The van der Waals surface area contributed by atoms with Gasteiger partial charge in [-0.1, -0.05) is 11.6 Å². The van der Waals surface area contributed by atoms with Gasteiger partial charge in [-0.15, -0.1) is 11.6 Å². The van der Waals surface area contributed by atoms with E-state index in [-0.39, 0.29) is 12.5 Å². The summed E-state index contributed by atoms with van der Waals surface area (Å²) < 4.78 is 0. The van der Waals surface area contributed by atoms with Crippen LogP contribution in [0.2, 0.25) is 5.02 Å². The number of aromatic nitrogens is 2. The first-order chi connectivity index (χ1) is 8.63. The van der Waals surface area contributed by atoms with Gasteiger partial charge in [-0.2, -0.15) is 0 Å². The smallest absolute Gasteiger partial charge is 0.0740 e. The summed E-state index contributed by atoms with van der Waals surface area (Å²) >= 11 is 12.1. The van der Waals surface area contributed by atoms with Crippen LogP contribution in [-0.4, -0.2) is 21.7 Å². The van der Waals surface area contributed by atoms with E-state index in [1.54, 1.807) is 6.20 Å². The fraction of sp³-hybridized carbons (Fsp3) is 0.308. The van der Waals surface area contributed by atoms with Crippen LogP contribution in [0.25, 0.3) is 0 Å². The number of H-pyrrole nitrogens is 1. The molecule has 0 aromatic carbocycles. The molecule has 0 spiro atoms. The van der Waals surface area contributed by atoms with Crippen LogP contribution < -0.4 is 0 Å². The van der Waals surface area contributed by atoms with E-state index in [1.165, 1.54) is 0 Å². The van der Waals surface area contributed by atoms with Crippen LogP contribution in [0.3, 0.4) is 0 Å². The largest absolute Gasteiger partial charge is 0.395 e. The minimum absolute atomic E-state index is 0.0566. The molecule has 1 unspecified atom stereocenters. The predicted octanol–water partition coefficient (Wildman–Crippen LogP) is 3.10. The minimum atomic E-state index is -0.593. The van der Waals surface area contributed by atoms with E-state index >= 15 is 0 Å². The Morgan fingerprint density at radius 2 is 2.22 bits per heavy atom. The van der Waals surface area contributed by atoms with Gasteiger partial charge < -0.3 is 10.1 Å². The molecule has 2 aromatic heterocycles. The number of aliphatic hydroxyl groups is 1. The zero-order valence-electron chi connectivity index (χ0n) is 9.95. The average Bonchev–Trinajstić information content (AvgIpc) is 2.92. The summed E-state index contributed by atoms with van der Waals surface area (Å²) in [7, 11) is 0. The van der Waals surface area contributed by atoms with E-state index in [2.05, 4.69) is 9.97 Å². The number of hydrogen-bond acceptors (Lipinski definition) is 2. The van der Waals surface area contributed by atoms with Crippen molar-refractivity contribution in [3.8, 4) is 0 Å². The van der Waals surface area contributed by atoms with Gasteiger partial charge in [0.15, 0.2) is 0 Å². The van der Waals surface area contributed by atoms with Gasteiger partial charge in [-0.25, -0.2) is 0 Å². The zero-order valence-corrected chi connectivity index (χ0v) is 11.5. The van der Waals surface area contributed by atoms with Crippen molar-refractivity contribution in [3.63, 3.8) is 0 Å². The lowest BCUT2D eigenvalue weighted by Crippen LogP contribution is -2.29. The number of nitrogens with zero attached hydrogens (tertiary/aromatic N) is 1. The first-order valence-electron chi connectivity index (χ1n) is 5.58. The Labute approximate surface area is 116 Å². The molecule has 2 aromatic rings. The second-order valence-corrected chi connectivity index (χ2v) is 4.97. The van der Waals surface area contributed by atoms with Crippen LogP contribution in [-0.2, 0) is 11.3 Å². The number of alkyl halides is 1. The molecule has 0 saturated carbocycles. The highest BCUT2D eigenvalue weighted by molar-refractivity contribution is 6.33. The van der Waals surface area contributed by atoms with Gasteiger partial charge in [0, 0.05) is 18.1 Å². The van der Waals surface area contributed by atoms with E-state index in [0.29, 0.717) is 10.7 Å². The van der Waals surface area contributed by atoms with Crippen LogP contribution in [0.1, 0.15) is 23.9 Å². The Balaban J connectivity index is 2.58. The molecule has 0 bridgehead atoms. The van der Waals surface area contributed by atoms with E-state index in [4.69, 9.17) is 23.2 Å². The fourth-order valence-corrected chi connectivity index (χ4v) is 2.65. The molecule has 0 amide bonds. The highest BCUT2D eigenvalue weighted by Crippen LogP contribution is 2.36. The number of nitrogens with one attached hydrogen (secondary N) is 1. The maximum Gasteiger partial charge on any atom is 0.0740 e. The summed E-state index contributed by atoms with van der Waals surface area (Å²) in [6, 6.07) is 5.63. The number of halogens is 2. The number of aliphatic hydroxyl groups excluding tert-OH is 1. The van der Waals surface area contributed by atoms with Crippen molar-refractivity contribution in [2.75, 3.05) is 6.61 Å². The van der Waals surface area contributed by atoms with Crippen molar-refractivity contribution < 1.29 is 5.11 Å². The third kappa shape index (κ3) is 2.14. The Hall–Kier alpha value is -1.03. The van der Waals surface area contributed by atoms with Crippen molar-refractivity contribution in [1.82, 2.24) is 9.97 Å². The quantitative estimate of drug-likeness (QED) is 0.848. The summed E-state index contributed by atoms with van der Waals surface area (Å²) in [5, 5.41) is 10.3. The minimum Gasteiger partial charge on any atom is -0.395 e. The second-order valence-electron chi connectivity index (χ2n) is 4.33. The summed E-state index contributed by atoms with van der Waals surface area (Å²) in [5.74, 6) is 0.249. The van der Waals surface area contributed by atoms with Gasteiger partial charge in [0.2, 0.25) is 0 Å². The standard InChI is InChI=1S/C13H14Cl2N2O/c1-13(8-18,11-3-2-5-17-11)9-4-6-16-10(7-14)12(9)15/h2-6,17-18H,7-8H2,1H3. The van der Waals surface area contributed by atoms with Crippen LogP contribution in [0.5, 0.6) is 0 Å². The SMILES string of the molecule is CC(CO)(c1ccc[nH]1)c1ccnc(CCl)c1Cl. The third-order valence-corrected chi connectivity index (χ3v) is 3.87. The van der Waals surface area contributed by atoms with Crippen molar-refractivity contribution in [3.05, 3.63) is 52.6 Å². The second kappa shape index (κ2) is 5.31. The molecule has 2 rings (SSSR count). The molecular formula is C13H14Cl2N2O. The number of rotatable bonds is 4. The van der Waals surface area contributed by atoms with Gasteiger partial charge >= 0.3 is 0 Å². The van der Waals surface area contributed by atoms with Crippen molar-refractivity contribution >= 4 is 23.2 Å². The Morgan fingerprint density at radius 1 is 1.44 bits per heavy atom. The average molecular weight is 285 g/mol. The molecule has 0 aliphatic heterocycles. The highest BCUT2D eigenvalue weighted by atomic mass is 35.5. The Morgan fingerprint density at radius 3 is 2.78 bits per heavy atom. The molecule has 0 radical (unpaired) electrons. The molecule has 18 heavy (non-hydrogen) atoms. The molecular weight excluding hydrogens is 271 g/mol. The summed E-state index contributed by atoms with van der Waals surface area (Å²) in [4.78, 5) is 7.25. The van der Waals surface area contributed by atoms with E-state index in [0.717, 1.165) is 11.3 Å². The lowest BCUT2D eigenvalue weighted by Gasteiger charge is -2.28. The van der Waals surface area contributed by atoms with Crippen LogP contribution in [0, 0.1) is 0 Å². The van der Waals surface area contributed by atoms with E-state index in [1.807, 2.05) is 31.3 Å². The van der Waals surface area contributed by atoms with Gasteiger partial charge in [0.1, 0.15) is 0 Å².